The van der Waals surface area contributed by atoms with Crippen molar-refractivity contribution in [2.75, 3.05) is 7.11 Å². The van der Waals surface area contributed by atoms with Crippen molar-refractivity contribution in [1.29, 1.82) is 0 Å². The van der Waals surface area contributed by atoms with Gasteiger partial charge in [-0.05, 0) is 18.2 Å². The zero-order valence-corrected chi connectivity index (χ0v) is 10.9. The van der Waals surface area contributed by atoms with Gasteiger partial charge in [0, 0.05) is 23.1 Å². The van der Waals surface area contributed by atoms with Crippen molar-refractivity contribution < 1.29 is 14.2 Å². The van der Waals surface area contributed by atoms with Gasteiger partial charge in [-0.15, -0.1) is 10.2 Å². The highest BCUT2D eigenvalue weighted by atomic mass is 35.5. The van der Waals surface area contributed by atoms with Gasteiger partial charge in [-0.25, -0.2) is 4.39 Å². The van der Waals surface area contributed by atoms with Crippen LogP contribution in [-0.4, -0.2) is 22.4 Å². The van der Waals surface area contributed by atoms with Crippen LogP contribution < -0.4 is 4.74 Å². The predicted octanol–water partition coefficient (Wildman–Crippen LogP) is 2.55. The van der Waals surface area contributed by atoms with Gasteiger partial charge in [0.1, 0.15) is 11.9 Å². The van der Waals surface area contributed by atoms with Gasteiger partial charge in [0.2, 0.25) is 5.88 Å². The van der Waals surface area contributed by atoms with E-state index in [-0.39, 0.29) is 17.0 Å². The molecule has 1 heterocycles. The Morgan fingerprint density at radius 2 is 2.11 bits per heavy atom. The number of rotatable bonds is 4. The van der Waals surface area contributed by atoms with Gasteiger partial charge in [-0.3, -0.25) is 0 Å². The lowest BCUT2D eigenvalue weighted by Gasteiger charge is -2.11. The van der Waals surface area contributed by atoms with Gasteiger partial charge in [0.25, 0.3) is 0 Å². The number of ether oxygens (including phenoxy) is 1. The van der Waals surface area contributed by atoms with Crippen molar-refractivity contribution in [3.8, 4) is 5.88 Å². The molecule has 4 nitrogen and oxygen atoms in total. The number of halogens is 2. The lowest BCUT2D eigenvalue weighted by molar-refractivity contribution is 0.170. The van der Waals surface area contributed by atoms with Crippen LogP contribution >= 0.6 is 11.6 Å². The maximum Gasteiger partial charge on any atom is 0.233 e. The van der Waals surface area contributed by atoms with E-state index in [0.29, 0.717) is 11.6 Å². The molecule has 2 aromatic rings. The summed E-state index contributed by atoms with van der Waals surface area (Å²) in [5.41, 5.74) is 0.592. The first-order chi connectivity index (χ1) is 9.11. The Morgan fingerprint density at radius 1 is 1.32 bits per heavy atom. The SMILES string of the molecule is COc1ccc(C(O)Cc2c(F)cccc2Cl)nn1. The molecule has 100 valence electrons. The second kappa shape index (κ2) is 5.95. The predicted molar refractivity (Wildman–Crippen MR) is 68.7 cm³/mol. The standard InChI is InChI=1S/C13H12ClFN2O2/c1-19-13-6-5-11(16-17-13)12(18)7-8-9(14)3-2-4-10(8)15/h2-6,12,18H,7H2,1H3. The molecule has 0 bridgehead atoms. The molecule has 0 aliphatic rings. The third-order valence-electron chi connectivity index (χ3n) is 2.67. The van der Waals surface area contributed by atoms with Crippen molar-refractivity contribution in [1.82, 2.24) is 10.2 Å². The van der Waals surface area contributed by atoms with E-state index in [0.717, 1.165) is 0 Å². The van der Waals surface area contributed by atoms with E-state index >= 15 is 0 Å². The number of nitrogens with zero attached hydrogens (tertiary/aromatic N) is 2. The van der Waals surface area contributed by atoms with E-state index in [9.17, 15) is 9.50 Å². The van der Waals surface area contributed by atoms with Crippen LogP contribution in [0.5, 0.6) is 5.88 Å². The van der Waals surface area contributed by atoms with E-state index in [1.807, 2.05) is 0 Å². The second-order valence-corrected chi connectivity index (χ2v) is 4.33. The summed E-state index contributed by atoms with van der Waals surface area (Å²) in [5, 5.41) is 17.9. The number of benzene rings is 1. The summed E-state index contributed by atoms with van der Waals surface area (Å²) in [7, 11) is 1.47. The molecule has 0 aliphatic heterocycles. The van der Waals surface area contributed by atoms with E-state index in [2.05, 4.69) is 10.2 Å². The monoisotopic (exact) mass is 282 g/mol. The molecular formula is C13H12ClFN2O2. The molecule has 1 aromatic carbocycles. The van der Waals surface area contributed by atoms with Gasteiger partial charge >= 0.3 is 0 Å². The van der Waals surface area contributed by atoms with E-state index in [1.54, 1.807) is 18.2 Å². The Hall–Kier alpha value is -1.72. The zero-order chi connectivity index (χ0) is 13.8. The van der Waals surface area contributed by atoms with Crippen LogP contribution in [0.25, 0.3) is 0 Å². The Bertz CT molecular complexity index is 543. The number of aliphatic hydroxyl groups excluding tert-OH is 1. The summed E-state index contributed by atoms with van der Waals surface area (Å²) in [5.74, 6) is -0.104. The molecule has 1 unspecified atom stereocenters. The van der Waals surface area contributed by atoms with Crippen LogP contribution in [0.4, 0.5) is 4.39 Å². The first kappa shape index (κ1) is 13.7. The molecule has 1 N–H and O–H groups in total. The Morgan fingerprint density at radius 3 is 2.68 bits per heavy atom. The van der Waals surface area contributed by atoms with E-state index in [1.165, 1.54) is 19.2 Å². The largest absolute Gasteiger partial charge is 0.480 e. The number of hydrogen-bond acceptors (Lipinski definition) is 4. The summed E-state index contributed by atoms with van der Waals surface area (Å²) in [6.45, 7) is 0. The Labute approximate surface area is 114 Å². The smallest absolute Gasteiger partial charge is 0.233 e. The van der Waals surface area contributed by atoms with E-state index < -0.39 is 11.9 Å². The summed E-state index contributed by atoms with van der Waals surface area (Å²) in [4.78, 5) is 0. The first-order valence-electron chi connectivity index (χ1n) is 5.60. The van der Waals surface area contributed by atoms with Crippen LogP contribution in [0.1, 0.15) is 17.4 Å². The quantitative estimate of drug-likeness (QED) is 0.936. The second-order valence-electron chi connectivity index (χ2n) is 3.92. The third kappa shape index (κ3) is 3.19. The van der Waals surface area contributed by atoms with Crippen LogP contribution in [-0.2, 0) is 6.42 Å². The highest BCUT2D eigenvalue weighted by molar-refractivity contribution is 6.31. The molecule has 0 amide bonds. The van der Waals surface area contributed by atoms with Gasteiger partial charge < -0.3 is 9.84 Å². The lowest BCUT2D eigenvalue weighted by atomic mass is 10.0. The number of hydrogen-bond donors (Lipinski definition) is 1. The minimum atomic E-state index is -0.979. The van der Waals surface area contributed by atoms with Crippen LogP contribution in [0.15, 0.2) is 30.3 Å². The fourth-order valence-corrected chi connectivity index (χ4v) is 1.88. The molecular weight excluding hydrogens is 271 g/mol. The highest BCUT2D eigenvalue weighted by Crippen LogP contribution is 2.25. The van der Waals surface area contributed by atoms with Crippen molar-refractivity contribution in [2.45, 2.75) is 12.5 Å². The third-order valence-corrected chi connectivity index (χ3v) is 3.02. The summed E-state index contributed by atoms with van der Waals surface area (Å²) < 4.78 is 18.5. The van der Waals surface area contributed by atoms with Crippen molar-refractivity contribution in [2.24, 2.45) is 0 Å². The van der Waals surface area contributed by atoms with Gasteiger partial charge in [-0.2, -0.15) is 0 Å². The molecule has 0 radical (unpaired) electrons. The zero-order valence-electron chi connectivity index (χ0n) is 10.2. The molecule has 0 spiro atoms. The van der Waals surface area contributed by atoms with Crippen LogP contribution in [0.2, 0.25) is 5.02 Å². The topological polar surface area (TPSA) is 55.2 Å². The maximum absolute atomic E-state index is 13.6. The Balaban J connectivity index is 2.18. The van der Waals surface area contributed by atoms with Crippen LogP contribution in [0.3, 0.4) is 0 Å². The fourth-order valence-electron chi connectivity index (χ4n) is 1.64. The maximum atomic E-state index is 13.6. The molecule has 1 atom stereocenters. The molecule has 0 aliphatic carbocycles. The summed E-state index contributed by atoms with van der Waals surface area (Å²) >= 11 is 5.90. The van der Waals surface area contributed by atoms with E-state index in [4.69, 9.17) is 16.3 Å². The van der Waals surface area contributed by atoms with Crippen LogP contribution in [0, 0.1) is 5.82 Å². The highest BCUT2D eigenvalue weighted by Gasteiger charge is 2.16. The minimum absolute atomic E-state index is 0.0342. The molecule has 6 heteroatoms. The van der Waals surface area contributed by atoms with Gasteiger partial charge in [0.15, 0.2) is 0 Å². The van der Waals surface area contributed by atoms with Crippen molar-refractivity contribution in [3.63, 3.8) is 0 Å². The fraction of sp³-hybridized carbons (Fsp3) is 0.231. The molecule has 2 rings (SSSR count). The normalized spacial score (nSPS) is 12.2. The molecule has 19 heavy (non-hydrogen) atoms. The van der Waals surface area contributed by atoms with Crippen molar-refractivity contribution >= 4 is 11.6 Å². The van der Waals surface area contributed by atoms with Crippen molar-refractivity contribution in [3.05, 3.63) is 52.4 Å². The Kier molecular flexibility index (Phi) is 4.29. The molecule has 1 aromatic heterocycles. The molecule has 0 saturated carbocycles. The number of methoxy groups -OCH3 is 1. The average molecular weight is 283 g/mol. The van der Waals surface area contributed by atoms with Gasteiger partial charge in [-0.1, -0.05) is 17.7 Å². The van der Waals surface area contributed by atoms with Gasteiger partial charge in [0.05, 0.1) is 12.8 Å². The lowest BCUT2D eigenvalue weighted by Crippen LogP contribution is -2.07. The molecule has 0 fully saturated rings. The molecule has 0 saturated heterocycles. The average Bonchev–Trinajstić information content (AvgIpc) is 2.43. The summed E-state index contributed by atoms with van der Waals surface area (Å²) in [6, 6.07) is 7.54. The number of aliphatic hydroxyl groups is 1. The summed E-state index contributed by atoms with van der Waals surface area (Å²) in [6.07, 6.45) is -0.945. The number of aromatic nitrogens is 2. The first-order valence-corrected chi connectivity index (χ1v) is 5.98. The minimum Gasteiger partial charge on any atom is -0.480 e.